The lowest BCUT2D eigenvalue weighted by atomic mass is 9.81. The van der Waals surface area contributed by atoms with Gasteiger partial charge in [-0.05, 0) is 32.2 Å². The van der Waals surface area contributed by atoms with Gasteiger partial charge in [0.1, 0.15) is 0 Å². The van der Waals surface area contributed by atoms with Gasteiger partial charge in [-0.15, -0.1) is 0 Å². The normalized spacial score (nSPS) is 26.1. The highest BCUT2D eigenvalue weighted by atomic mass is 16.5. The molecule has 0 radical (unpaired) electrons. The molecule has 1 amide bonds. The van der Waals surface area contributed by atoms with Crippen molar-refractivity contribution in [1.82, 2.24) is 10.6 Å². The Kier molecular flexibility index (Phi) is 6.65. The Morgan fingerprint density at radius 2 is 2.06 bits per heavy atom. The van der Waals surface area contributed by atoms with Crippen LogP contribution in [0.3, 0.4) is 0 Å². The Morgan fingerprint density at radius 3 is 2.61 bits per heavy atom. The van der Waals surface area contributed by atoms with E-state index >= 15 is 0 Å². The number of carbonyl (C=O) groups is 1. The summed E-state index contributed by atoms with van der Waals surface area (Å²) in [7, 11) is 0. The fraction of sp³-hybridized carbons (Fsp3) is 0.929. The molecule has 2 fully saturated rings. The lowest BCUT2D eigenvalue weighted by molar-refractivity contribution is -0.135. The molecule has 0 unspecified atom stereocenters. The second-order valence-electron chi connectivity index (χ2n) is 5.18. The summed E-state index contributed by atoms with van der Waals surface area (Å²) in [6, 6.07) is 0.479. The molecule has 2 heterocycles. The fourth-order valence-electron chi connectivity index (χ4n) is 2.41. The Labute approximate surface area is 111 Å². The van der Waals surface area contributed by atoms with Crippen LogP contribution in [0.5, 0.6) is 0 Å². The molecule has 2 rings (SSSR count). The van der Waals surface area contributed by atoms with E-state index in [2.05, 4.69) is 10.6 Å². The van der Waals surface area contributed by atoms with Gasteiger partial charge in [0, 0.05) is 25.8 Å². The number of rotatable bonds is 3. The molecule has 4 nitrogen and oxygen atoms in total. The summed E-state index contributed by atoms with van der Waals surface area (Å²) in [6.45, 7) is 9.34. The molecule has 0 aromatic rings. The van der Waals surface area contributed by atoms with E-state index in [1.54, 1.807) is 0 Å². The van der Waals surface area contributed by atoms with Gasteiger partial charge < -0.3 is 15.4 Å². The summed E-state index contributed by atoms with van der Waals surface area (Å²) in [5.41, 5.74) is -0.211. The number of nitrogens with one attached hydrogen (secondary N) is 2. The minimum Gasteiger partial charge on any atom is -0.381 e. The van der Waals surface area contributed by atoms with Crippen molar-refractivity contribution < 1.29 is 9.53 Å². The van der Waals surface area contributed by atoms with Crippen LogP contribution in [-0.2, 0) is 9.53 Å². The molecule has 2 aliphatic heterocycles. The highest BCUT2D eigenvalue weighted by Gasteiger charge is 2.35. The minimum atomic E-state index is -0.211. The maximum Gasteiger partial charge on any atom is 0.226 e. The zero-order valence-corrected chi connectivity index (χ0v) is 12.1. The van der Waals surface area contributed by atoms with E-state index in [1.807, 2.05) is 20.8 Å². The SMILES string of the molecule is CC.CC1(C(=O)NC[C@H]2CCCN2)CCOCC1. The van der Waals surface area contributed by atoms with E-state index in [1.165, 1.54) is 12.8 Å². The first-order valence-corrected chi connectivity index (χ1v) is 7.30. The van der Waals surface area contributed by atoms with Gasteiger partial charge in [0.15, 0.2) is 0 Å². The number of carbonyl (C=O) groups excluding carboxylic acids is 1. The summed E-state index contributed by atoms with van der Waals surface area (Å²) >= 11 is 0. The summed E-state index contributed by atoms with van der Waals surface area (Å²) in [6.07, 6.45) is 4.10. The summed E-state index contributed by atoms with van der Waals surface area (Å²) < 4.78 is 5.30. The van der Waals surface area contributed by atoms with Gasteiger partial charge in [-0.1, -0.05) is 20.8 Å². The molecule has 2 saturated heterocycles. The average molecular weight is 256 g/mol. The molecule has 0 aromatic carbocycles. The standard InChI is InChI=1S/C12H22N2O2.C2H6/c1-12(4-7-16-8-5-12)11(15)14-9-10-3-2-6-13-10;1-2/h10,13H,2-9H2,1H3,(H,14,15);1-2H3/t10-;/m1./s1. The molecular weight excluding hydrogens is 228 g/mol. The highest BCUT2D eigenvalue weighted by molar-refractivity contribution is 5.82. The van der Waals surface area contributed by atoms with Gasteiger partial charge in [-0.3, -0.25) is 4.79 Å². The largest absolute Gasteiger partial charge is 0.381 e. The van der Waals surface area contributed by atoms with Crippen LogP contribution in [0.25, 0.3) is 0 Å². The van der Waals surface area contributed by atoms with E-state index < -0.39 is 0 Å². The summed E-state index contributed by atoms with van der Waals surface area (Å²) in [5, 5.41) is 6.47. The van der Waals surface area contributed by atoms with Crippen LogP contribution in [0.2, 0.25) is 0 Å². The van der Waals surface area contributed by atoms with Gasteiger partial charge in [0.2, 0.25) is 5.91 Å². The van der Waals surface area contributed by atoms with Crippen molar-refractivity contribution in [3.05, 3.63) is 0 Å². The predicted octanol–water partition coefficient (Wildman–Crippen LogP) is 1.70. The second-order valence-corrected chi connectivity index (χ2v) is 5.18. The maximum absolute atomic E-state index is 12.1. The maximum atomic E-state index is 12.1. The number of hydrogen-bond donors (Lipinski definition) is 2. The van der Waals surface area contributed by atoms with Crippen LogP contribution in [0, 0.1) is 5.41 Å². The lowest BCUT2D eigenvalue weighted by Gasteiger charge is -2.32. The molecular formula is C14H28N2O2. The Morgan fingerprint density at radius 1 is 1.39 bits per heavy atom. The van der Waals surface area contributed by atoms with E-state index in [-0.39, 0.29) is 11.3 Å². The lowest BCUT2D eigenvalue weighted by Crippen LogP contribution is -2.46. The summed E-state index contributed by atoms with van der Waals surface area (Å²) in [5.74, 6) is 0.199. The summed E-state index contributed by atoms with van der Waals surface area (Å²) in [4.78, 5) is 12.1. The third-order valence-electron chi connectivity index (χ3n) is 3.82. The predicted molar refractivity (Wildman–Crippen MR) is 73.5 cm³/mol. The van der Waals surface area contributed by atoms with E-state index in [0.717, 1.165) is 25.9 Å². The van der Waals surface area contributed by atoms with E-state index in [0.29, 0.717) is 19.3 Å². The van der Waals surface area contributed by atoms with Crippen LogP contribution in [0.15, 0.2) is 0 Å². The topological polar surface area (TPSA) is 50.4 Å². The fourth-order valence-corrected chi connectivity index (χ4v) is 2.41. The Bertz CT molecular complexity index is 244. The molecule has 18 heavy (non-hydrogen) atoms. The average Bonchev–Trinajstić information content (AvgIpc) is 2.92. The van der Waals surface area contributed by atoms with E-state index in [4.69, 9.17) is 4.74 Å². The third kappa shape index (κ3) is 4.25. The van der Waals surface area contributed by atoms with Gasteiger partial charge in [0.25, 0.3) is 0 Å². The van der Waals surface area contributed by atoms with Crippen molar-refractivity contribution in [3.63, 3.8) is 0 Å². The van der Waals surface area contributed by atoms with Crippen molar-refractivity contribution in [2.45, 2.75) is 52.5 Å². The van der Waals surface area contributed by atoms with Crippen molar-refractivity contribution in [3.8, 4) is 0 Å². The molecule has 4 heteroatoms. The molecule has 1 atom stereocenters. The molecule has 0 aromatic heterocycles. The van der Waals surface area contributed by atoms with Crippen LogP contribution in [0.4, 0.5) is 0 Å². The number of amides is 1. The molecule has 2 N–H and O–H groups in total. The van der Waals surface area contributed by atoms with Gasteiger partial charge in [-0.25, -0.2) is 0 Å². The first kappa shape index (κ1) is 15.4. The van der Waals surface area contributed by atoms with Crippen molar-refractivity contribution >= 4 is 5.91 Å². The number of ether oxygens (including phenoxy) is 1. The van der Waals surface area contributed by atoms with Gasteiger partial charge in [0.05, 0.1) is 5.41 Å². The minimum absolute atomic E-state index is 0.199. The molecule has 0 saturated carbocycles. The molecule has 0 bridgehead atoms. The van der Waals surface area contributed by atoms with Crippen molar-refractivity contribution in [2.24, 2.45) is 5.41 Å². The first-order valence-electron chi connectivity index (χ1n) is 7.30. The van der Waals surface area contributed by atoms with Crippen LogP contribution in [0.1, 0.15) is 46.5 Å². The zero-order chi connectivity index (χ0) is 13.4. The Balaban J connectivity index is 0.000000771. The Hall–Kier alpha value is -0.610. The molecule has 0 spiro atoms. The molecule has 106 valence electrons. The van der Waals surface area contributed by atoms with Crippen molar-refractivity contribution in [2.75, 3.05) is 26.3 Å². The van der Waals surface area contributed by atoms with E-state index in [9.17, 15) is 4.79 Å². The quantitative estimate of drug-likeness (QED) is 0.808. The van der Waals surface area contributed by atoms with Crippen molar-refractivity contribution in [1.29, 1.82) is 0 Å². The van der Waals surface area contributed by atoms with Crippen LogP contribution in [-0.4, -0.2) is 38.3 Å². The first-order chi connectivity index (χ1) is 8.71. The van der Waals surface area contributed by atoms with Gasteiger partial charge >= 0.3 is 0 Å². The molecule has 0 aliphatic carbocycles. The van der Waals surface area contributed by atoms with Crippen LogP contribution < -0.4 is 10.6 Å². The smallest absolute Gasteiger partial charge is 0.226 e. The monoisotopic (exact) mass is 256 g/mol. The zero-order valence-electron chi connectivity index (χ0n) is 12.1. The molecule has 2 aliphatic rings. The van der Waals surface area contributed by atoms with Gasteiger partial charge in [-0.2, -0.15) is 0 Å². The van der Waals surface area contributed by atoms with Crippen LogP contribution >= 0.6 is 0 Å². The highest BCUT2D eigenvalue weighted by Crippen LogP contribution is 2.29. The second kappa shape index (κ2) is 7.74. The number of hydrogen-bond acceptors (Lipinski definition) is 3. The third-order valence-corrected chi connectivity index (χ3v) is 3.82.